The predicted molar refractivity (Wildman–Crippen MR) is 79.0 cm³/mol. The highest BCUT2D eigenvalue weighted by atomic mass is 16.1. The Morgan fingerprint density at radius 3 is 2.45 bits per heavy atom. The molecule has 2 aromatic heterocycles. The number of aryl methyl sites for hydroxylation is 2. The maximum Gasteiger partial charge on any atom is 0.250 e. The van der Waals surface area contributed by atoms with E-state index in [0.717, 1.165) is 22.5 Å². The van der Waals surface area contributed by atoms with Crippen LogP contribution in [0.5, 0.6) is 0 Å². The summed E-state index contributed by atoms with van der Waals surface area (Å²) in [5.41, 5.74) is 3.91. The minimum Gasteiger partial charge on any atom is -0.318 e. The zero-order valence-electron chi connectivity index (χ0n) is 11.4. The first-order valence-corrected chi connectivity index (χ1v) is 6.44. The van der Waals surface area contributed by atoms with Crippen LogP contribution in [0.25, 0.3) is 16.9 Å². The van der Waals surface area contributed by atoms with Crippen molar-refractivity contribution in [3.05, 3.63) is 70.8 Å². The second-order valence-corrected chi connectivity index (χ2v) is 4.81. The Kier molecular flexibility index (Phi) is 2.99. The summed E-state index contributed by atoms with van der Waals surface area (Å²) in [6.45, 7) is 2.02. The molecule has 0 amide bonds. The molecule has 3 rings (SSSR count). The lowest BCUT2D eigenvalue weighted by molar-refractivity contribution is 0.855. The third kappa shape index (κ3) is 2.16. The van der Waals surface area contributed by atoms with Gasteiger partial charge in [-0.25, -0.2) is 4.68 Å². The van der Waals surface area contributed by atoms with Crippen LogP contribution < -0.4 is 5.56 Å². The van der Waals surface area contributed by atoms with Crippen molar-refractivity contribution in [1.82, 2.24) is 14.3 Å². The normalized spacial score (nSPS) is 10.7. The molecule has 4 nitrogen and oxygen atoms in total. The summed E-state index contributed by atoms with van der Waals surface area (Å²) < 4.78 is 3.42. The molecule has 20 heavy (non-hydrogen) atoms. The van der Waals surface area contributed by atoms with Crippen LogP contribution in [0, 0.1) is 6.92 Å². The van der Waals surface area contributed by atoms with Crippen molar-refractivity contribution < 1.29 is 0 Å². The maximum absolute atomic E-state index is 11.5. The fraction of sp³-hybridized carbons (Fsp3) is 0.125. The first kappa shape index (κ1) is 12.4. The molecule has 0 bridgehead atoms. The Labute approximate surface area is 116 Å². The molecule has 0 unspecified atom stereocenters. The van der Waals surface area contributed by atoms with Gasteiger partial charge in [0.1, 0.15) is 0 Å². The fourth-order valence-electron chi connectivity index (χ4n) is 2.19. The Hall–Kier alpha value is -2.62. The monoisotopic (exact) mass is 265 g/mol. The van der Waals surface area contributed by atoms with Gasteiger partial charge in [0.15, 0.2) is 0 Å². The molecule has 3 aromatic rings. The minimum atomic E-state index is -0.0195. The van der Waals surface area contributed by atoms with Gasteiger partial charge in [0.2, 0.25) is 5.56 Å². The minimum absolute atomic E-state index is 0.0195. The van der Waals surface area contributed by atoms with Gasteiger partial charge in [0, 0.05) is 31.1 Å². The molecule has 0 aliphatic rings. The Bertz CT molecular complexity index is 800. The van der Waals surface area contributed by atoms with Crippen LogP contribution in [0.1, 0.15) is 5.56 Å². The summed E-state index contributed by atoms with van der Waals surface area (Å²) in [7, 11) is 1.75. The number of hydrogen-bond acceptors (Lipinski definition) is 2. The smallest absolute Gasteiger partial charge is 0.250 e. The van der Waals surface area contributed by atoms with Gasteiger partial charge in [-0.1, -0.05) is 18.2 Å². The number of pyridine rings is 1. The van der Waals surface area contributed by atoms with Crippen molar-refractivity contribution in [1.29, 1.82) is 0 Å². The van der Waals surface area contributed by atoms with Gasteiger partial charge in [-0.05, 0) is 30.7 Å². The van der Waals surface area contributed by atoms with Crippen molar-refractivity contribution in [3.63, 3.8) is 0 Å². The SMILES string of the molecule is Cc1cn(-c2ccccc2)nc1-c1ccc(=O)n(C)c1. The average Bonchev–Trinajstić information content (AvgIpc) is 2.85. The van der Waals surface area contributed by atoms with Crippen LogP contribution in [0.2, 0.25) is 0 Å². The molecule has 0 spiro atoms. The van der Waals surface area contributed by atoms with E-state index in [4.69, 9.17) is 0 Å². The van der Waals surface area contributed by atoms with E-state index in [2.05, 4.69) is 5.10 Å². The molecule has 0 saturated carbocycles. The highest BCUT2D eigenvalue weighted by molar-refractivity contribution is 5.61. The third-order valence-electron chi connectivity index (χ3n) is 3.28. The Balaban J connectivity index is 2.09. The first-order valence-electron chi connectivity index (χ1n) is 6.44. The number of nitrogens with zero attached hydrogens (tertiary/aromatic N) is 3. The van der Waals surface area contributed by atoms with E-state index in [0.29, 0.717) is 0 Å². The number of para-hydroxylation sites is 1. The van der Waals surface area contributed by atoms with Gasteiger partial charge in [0.25, 0.3) is 0 Å². The number of benzene rings is 1. The Morgan fingerprint density at radius 1 is 1.00 bits per heavy atom. The van der Waals surface area contributed by atoms with Crippen molar-refractivity contribution in [2.24, 2.45) is 7.05 Å². The molecule has 1 aromatic carbocycles. The van der Waals surface area contributed by atoms with Crippen molar-refractivity contribution in [2.75, 3.05) is 0 Å². The molecule has 0 fully saturated rings. The summed E-state index contributed by atoms with van der Waals surface area (Å²) in [6.07, 6.45) is 3.81. The highest BCUT2D eigenvalue weighted by Gasteiger charge is 2.09. The molecular formula is C16H15N3O. The van der Waals surface area contributed by atoms with E-state index in [1.165, 1.54) is 0 Å². The molecule has 4 heteroatoms. The molecular weight excluding hydrogens is 250 g/mol. The van der Waals surface area contributed by atoms with Crippen molar-refractivity contribution in [3.8, 4) is 16.9 Å². The lowest BCUT2D eigenvalue weighted by atomic mass is 10.1. The number of rotatable bonds is 2. The van der Waals surface area contributed by atoms with Gasteiger partial charge < -0.3 is 4.57 Å². The average molecular weight is 265 g/mol. The molecule has 100 valence electrons. The van der Waals surface area contributed by atoms with Gasteiger partial charge >= 0.3 is 0 Å². The van der Waals surface area contributed by atoms with Crippen LogP contribution >= 0.6 is 0 Å². The molecule has 0 aliphatic heterocycles. The van der Waals surface area contributed by atoms with Crippen LogP contribution in [0.4, 0.5) is 0 Å². The molecule has 0 aliphatic carbocycles. The largest absolute Gasteiger partial charge is 0.318 e. The quantitative estimate of drug-likeness (QED) is 0.714. The van der Waals surface area contributed by atoms with E-state index < -0.39 is 0 Å². The summed E-state index contributed by atoms with van der Waals surface area (Å²) in [5, 5.41) is 4.62. The Morgan fingerprint density at radius 2 is 1.75 bits per heavy atom. The summed E-state index contributed by atoms with van der Waals surface area (Å²) >= 11 is 0. The summed E-state index contributed by atoms with van der Waals surface area (Å²) in [5.74, 6) is 0. The second kappa shape index (κ2) is 4.81. The maximum atomic E-state index is 11.5. The van der Waals surface area contributed by atoms with E-state index in [1.54, 1.807) is 17.7 Å². The van der Waals surface area contributed by atoms with Crippen molar-refractivity contribution >= 4 is 0 Å². The summed E-state index contributed by atoms with van der Waals surface area (Å²) in [6, 6.07) is 13.3. The molecule has 0 saturated heterocycles. The number of hydrogen-bond donors (Lipinski definition) is 0. The standard InChI is InChI=1S/C16H15N3O/c1-12-10-19(14-6-4-3-5-7-14)17-16(12)13-8-9-15(20)18(2)11-13/h3-11H,1-2H3. The van der Waals surface area contributed by atoms with E-state index >= 15 is 0 Å². The highest BCUT2D eigenvalue weighted by Crippen LogP contribution is 2.21. The number of aromatic nitrogens is 3. The lowest BCUT2D eigenvalue weighted by Crippen LogP contribution is -2.14. The zero-order chi connectivity index (χ0) is 14.1. The van der Waals surface area contributed by atoms with E-state index in [1.807, 2.05) is 60.4 Å². The fourth-order valence-corrected chi connectivity index (χ4v) is 2.19. The van der Waals surface area contributed by atoms with E-state index in [9.17, 15) is 4.79 Å². The van der Waals surface area contributed by atoms with Gasteiger partial charge in [-0.3, -0.25) is 4.79 Å². The van der Waals surface area contributed by atoms with Crippen LogP contribution in [-0.4, -0.2) is 14.3 Å². The molecule has 0 atom stereocenters. The third-order valence-corrected chi connectivity index (χ3v) is 3.28. The van der Waals surface area contributed by atoms with Crippen LogP contribution in [0.3, 0.4) is 0 Å². The summed E-state index contributed by atoms with van der Waals surface area (Å²) in [4.78, 5) is 11.5. The van der Waals surface area contributed by atoms with Gasteiger partial charge in [-0.15, -0.1) is 0 Å². The molecule has 0 radical (unpaired) electrons. The van der Waals surface area contributed by atoms with Crippen LogP contribution in [0.15, 0.2) is 59.7 Å². The topological polar surface area (TPSA) is 39.8 Å². The zero-order valence-corrected chi connectivity index (χ0v) is 11.4. The lowest BCUT2D eigenvalue weighted by Gasteiger charge is -2.02. The van der Waals surface area contributed by atoms with Gasteiger partial charge in [0.05, 0.1) is 11.4 Å². The molecule has 2 heterocycles. The second-order valence-electron chi connectivity index (χ2n) is 4.81. The van der Waals surface area contributed by atoms with E-state index in [-0.39, 0.29) is 5.56 Å². The first-order chi connectivity index (χ1) is 9.65. The van der Waals surface area contributed by atoms with Crippen LogP contribution in [-0.2, 0) is 7.05 Å². The van der Waals surface area contributed by atoms with Crippen molar-refractivity contribution in [2.45, 2.75) is 6.92 Å². The molecule has 0 N–H and O–H groups in total. The van der Waals surface area contributed by atoms with Gasteiger partial charge in [-0.2, -0.15) is 5.10 Å². The predicted octanol–water partition coefficient (Wildman–Crippen LogP) is 2.55.